The number of halogens is 2. The average molecular weight is 270 g/mol. The lowest BCUT2D eigenvalue weighted by Gasteiger charge is -2.13. The van der Waals surface area contributed by atoms with Crippen molar-refractivity contribution in [2.24, 2.45) is 0 Å². The van der Waals surface area contributed by atoms with E-state index in [0.717, 1.165) is 35.0 Å². The summed E-state index contributed by atoms with van der Waals surface area (Å²) in [5.74, 6) is -0.0746. The Balaban J connectivity index is 2.14. The van der Waals surface area contributed by atoms with Crippen molar-refractivity contribution in [2.75, 3.05) is 6.54 Å². The SMILES string of the molecule is C=C(Br)CNC1CCc2c(F)cccc21. The Bertz CT molecular complexity index is 389. The van der Waals surface area contributed by atoms with Crippen molar-refractivity contribution in [1.29, 1.82) is 0 Å². The predicted octanol–water partition coefficient (Wildman–Crippen LogP) is 3.31. The lowest BCUT2D eigenvalue weighted by Crippen LogP contribution is -2.20. The quantitative estimate of drug-likeness (QED) is 0.888. The Morgan fingerprint density at radius 2 is 2.40 bits per heavy atom. The molecule has 1 atom stereocenters. The first kappa shape index (κ1) is 10.8. The Labute approximate surface area is 97.5 Å². The summed E-state index contributed by atoms with van der Waals surface area (Å²) in [5, 5.41) is 3.35. The molecule has 0 saturated heterocycles. The largest absolute Gasteiger partial charge is 0.305 e. The van der Waals surface area contributed by atoms with Crippen LogP contribution in [0.1, 0.15) is 23.6 Å². The van der Waals surface area contributed by atoms with Crippen molar-refractivity contribution in [3.05, 3.63) is 46.2 Å². The molecule has 1 aromatic rings. The third-order valence-corrected chi connectivity index (χ3v) is 3.03. The van der Waals surface area contributed by atoms with Crippen molar-refractivity contribution < 1.29 is 4.39 Å². The number of benzene rings is 1. The van der Waals surface area contributed by atoms with Gasteiger partial charge in [0.25, 0.3) is 0 Å². The lowest BCUT2D eigenvalue weighted by atomic mass is 10.1. The molecule has 1 N–H and O–H groups in total. The third-order valence-electron chi connectivity index (χ3n) is 2.75. The van der Waals surface area contributed by atoms with Crippen LogP contribution in [0.4, 0.5) is 4.39 Å². The normalized spacial score (nSPS) is 18.9. The molecule has 0 aromatic heterocycles. The molecule has 1 aromatic carbocycles. The Kier molecular flexibility index (Phi) is 3.22. The van der Waals surface area contributed by atoms with Gasteiger partial charge in [0.1, 0.15) is 5.82 Å². The zero-order valence-electron chi connectivity index (χ0n) is 8.39. The number of fused-ring (bicyclic) bond motifs is 1. The lowest BCUT2D eigenvalue weighted by molar-refractivity contribution is 0.562. The van der Waals surface area contributed by atoms with E-state index in [-0.39, 0.29) is 11.9 Å². The summed E-state index contributed by atoms with van der Waals surface area (Å²) < 4.78 is 14.3. The summed E-state index contributed by atoms with van der Waals surface area (Å²) in [4.78, 5) is 0. The van der Waals surface area contributed by atoms with Crippen molar-refractivity contribution >= 4 is 15.9 Å². The average Bonchev–Trinajstić information content (AvgIpc) is 2.59. The van der Waals surface area contributed by atoms with Crippen molar-refractivity contribution in [2.45, 2.75) is 18.9 Å². The van der Waals surface area contributed by atoms with Crippen LogP contribution in [0.5, 0.6) is 0 Å². The Hall–Kier alpha value is -0.670. The van der Waals surface area contributed by atoms with Crippen LogP contribution in [-0.4, -0.2) is 6.54 Å². The molecule has 1 unspecified atom stereocenters. The van der Waals surface area contributed by atoms with Gasteiger partial charge in [0, 0.05) is 17.1 Å². The minimum absolute atomic E-state index is 0.0746. The molecule has 15 heavy (non-hydrogen) atoms. The molecule has 80 valence electrons. The smallest absolute Gasteiger partial charge is 0.126 e. The van der Waals surface area contributed by atoms with Gasteiger partial charge in [-0.05, 0) is 30.0 Å². The van der Waals surface area contributed by atoms with Crippen molar-refractivity contribution in [3.63, 3.8) is 0 Å². The molecule has 0 aliphatic heterocycles. The molecule has 0 heterocycles. The molecular formula is C12H13BrFN. The first-order valence-corrected chi connectivity index (χ1v) is 5.81. The highest BCUT2D eigenvalue weighted by atomic mass is 79.9. The van der Waals surface area contributed by atoms with E-state index in [1.807, 2.05) is 6.07 Å². The van der Waals surface area contributed by atoms with E-state index in [1.165, 1.54) is 6.07 Å². The van der Waals surface area contributed by atoms with E-state index < -0.39 is 0 Å². The minimum Gasteiger partial charge on any atom is -0.305 e. The highest BCUT2D eigenvalue weighted by Crippen LogP contribution is 2.32. The van der Waals surface area contributed by atoms with Gasteiger partial charge in [0.15, 0.2) is 0 Å². The monoisotopic (exact) mass is 269 g/mol. The molecule has 0 radical (unpaired) electrons. The fraction of sp³-hybridized carbons (Fsp3) is 0.333. The molecule has 0 saturated carbocycles. The third kappa shape index (κ3) is 2.29. The van der Waals surface area contributed by atoms with Gasteiger partial charge in [-0.1, -0.05) is 34.6 Å². The maximum atomic E-state index is 13.4. The van der Waals surface area contributed by atoms with E-state index in [1.54, 1.807) is 6.07 Å². The van der Waals surface area contributed by atoms with Gasteiger partial charge in [-0.3, -0.25) is 0 Å². The number of hydrogen-bond acceptors (Lipinski definition) is 1. The van der Waals surface area contributed by atoms with Gasteiger partial charge < -0.3 is 5.32 Å². The van der Waals surface area contributed by atoms with Gasteiger partial charge in [-0.25, -0.2) is 4.39 Å². The van der Waals surface area contributed by atoms with Crippen LogP contribution in [-0.2, 0) is 6.42 Å². The Morgan fingerprint density at radius 3 is 3.13 bits per heavy atom. The topological polar surface area (TPSA) is 12.0 Å². The number of hydrogen-bond donors (Lipinski definition) is 1. The van der Waals surface area contributed by atoms with Gasteiger partial charge in [0.2, 0.25) is 0 Å². The van der Waals surface area contributed by atoms with Gasteiger partial charge >= 0.3 is 0 Å². The summed E-state index contributed by atoms with van der Waals surface area (Å²) in [6.45, 7) is 4.49. The highest BCUT2D eigenvalue weighted by Gasteiger charge is 2.23. The van der Waals surface area contributed by atoms with Crippen molar-refractivity contribution in [1.82, 2.24) is 5.32 Å². The second-order valence-corrected chi connectivity index (χ2v) is 4.92. The predicted molar refractivity (Wildman–Crippen MR) is 63.5 cm³/mol. The summed E-state index contributed by atoms with van der Waals surface area (Å²) in [5.41, 5.74) is 1.97. The molecule has 0 fully saturated rings. The molecular weight excluding hydrogens is 257 g/mol. The Morgan fingerprint density at radius 1 is 1.60 bits per heavy atom. The van der Waals surface area contributed by atoms with E-state index in [9.17, 15) is 4.39 Å². The minimum atomic E-state index is -0.0746. The second kappa shape index (κ2) is 4.45. The zero-order chi connectivity index (χ0) is 10.8. The maximum Gasteiger partial charge on any atom is 0.126 e. The van der Waals surface area contributed by atoms with Crippen LogP contribution in [0.25, 0.3) is 0 Å². The first-order valence-electron chi connectivity index (χ1n) is 5.02. The summed E-state index contributed by atoms with van der Waals surface area (Å²) in [7, 11) is 0. The first-order chi connectivity index (χ1) is 7.18. The fourth-order valence-corrected chi connectivity index (χ4v) is 2.22. The van der Waals surface area contributed by atoms with Crippen LogP contribution in [0.2, 0.25) is 0 Å². The van der Waals surface area contributed by atoms with E-state index in [0.29, 0.717) is 0 Å². The van der Waals surface area contributed by atoms with Crippen LogP contribution in [0, 0.1) is 5.82 Å². The van der Waals surface area contributed by atoms with Gasteiger partial charge in [0.05, 0.1) is 0 Å². The molecule has 1 aliphatic rings. The van der Waals surface area contributed by atoms with Crippen LogP contribution in [0.15, 0.2) is 29.3 Å². The molecule has 2 rings (SSSR count). The number of nitrogens with one attached hydrogen (secondary N) is 1. The van der Waals surface area contributed by atoms with Crippen LogP contribution >= 0.6 is 15.9 Å². The van der Waals surface area contributed by atoms with E-state index in [2.05, 4.69) is 27.8 Å². The molecule has 0 bridgehead atoms. The number of rotatable bonds is 3. The van der Waals surface area contributed by atoms with Crippen LogP contribution < -0.4 is 5.32 Å². The van der Waals surface area contributed by atoms with Crippen molar-refractivity contribution in [3.8, 4) is 0 Å². The van der Waals surface area contributed by atoms with Gasteiger partial charge in [-0.2, -0.15) is 0 Å². The summed E-state index contributed by atoms with van der Waals surface area (Å²) in [6.07, 6.45) is 1.80. The molecule has 0 amide bonds. The highest BCUT2D eigenvalue weighted by molar-refractivity contribution is 9.11. The fourth-order valence-electron chi connectivity index (χ4n) is 2.06. The maximum absolute atomic E-state index is 13.4. The molecule has 1 nitrogen and oxygen atoms in total. The van der Waals surface area contributed by atoms with E-state index >= 15 is 0 Å². The van der Waals surface area contributed by atoms with Crippen LogP contribution in [0.3, 0.4) is 0 Å². The van der Waals surface area contributed by atoms with Gasteiger partial charge in [-0.15, -0.1) is 0 Å². The molecule has 0 spiro atoms. The zero-order valence-corrected chi connectivity index (χ0v) is 9.98. The standard InChI is InChI=1S/C12H13BrFN/c1-8(13)7-15-12-6-5-9-10(12)3-2-4-11(9)14/h2-4,12,15H,1,5-7H2. The molecule has 1 aliphatic carbocycles. The summed E-state index contributed by atoms with van der Waals surface area (Å²) in [6, 6.07) is 5.58. The summed E-state index contributed by atoms with van der Waals surface area (Å²) >= 11 is 3.31. The molecule has 3 heteroatoms. The van der Waals surface area contributed by atoms with E-state index in [4.69, 9.17) is 0 Å². The second-order valence-electron chi connectivity index (χ2n) is 3.80.